The Labute approximate surface area is 158 Å². The van der Waals surface area contributed by atoms with Crippen molar-refractivity contribution in [2.45, 2.75) is 72.8 Å². The van der Waals surface area contributed by atoms with Gasteiger partial charge in [-0.25, -0.2) is 4.79 Å². The highest BCUT2D eigenvalue weighted by molar-refractivity contribution is 5.76. The summed E-state index contributed by atoms with van der Waals surface area (Å²) in [6.45, 7) is 12.1. The Kier molecular flexibility index (Phi) is 7.83. The molecule has 0 aromatic heterocycles. The second-order valence-corrected chi connectivity index (χ2v) is 8.27. The van der Waals surface area contributed by atoms with Gasteiger partial charge >= 0.3 is 5.97 Å². The first-order valence-electron chi connectivity index (χ1n) is 9.31. The summed E-state index contributed by atoms with van der Waals surface area (Å²) in [5.41, 5.74) is 3.55. The fourth-order valence-corrected chi connectivity index (χ4v) is 3.15. The van der Waals surface area contributed by atoms with E-state index in [1.54, 1.807) is 6.08 Å². The predicted molar refractivity (Wildman–Crippen MR) is 109 cm³/mol. The Bertz CT molecular complexity index is 668. The number of aliphatic carboxylic acids is 1. The second kappa shape index (κ2) is 9.18. The van der Waals surface area contributed by atoms with Crippen LogP contribution in [0.25, 0.3) is 0 Å². The molecule has 2 N–H and O–H groups in total. The van der Waals surface area contributed by atoms with Gasteiger partial charge in [-0.05, 0) is 57.9 Å². The van der Waals surface area contributed by atoms with Crippen molar-refractivity contribution >= 4 is 5.97 Å². The zero-order valence-corrected chi connectivity index (χ0v) is 17.1. The predicted octanol–water partition coefficient (Wildman–Crippen LogP) is 5.74. The number of carboxylic acid groups (broad SMARTS) is 1. The summed E-state index contributed by atoms with van der Waals surface area (Å²) in [7, 11) is 0. The minimum Gasteiger partial charge on any atom is -0.479 e. The van der Waals surface area contributed by atoms with Crippen LogP contribution in [0.4, 0.5) is 0 Å². The quantitative estimate of drug-likeness (QED) is 0.570. The second-order valence-electron chi connectivity index (χ2n) is 8.27. The largest absolute Gasteiger partial charge is 0.479 e. The van der Waals surface area contributed by atoms with Crippen molar-refractivity contribution in [3.63, 3.8) is 0 Å². The van der Waals surface area contributed by atoms with Crippen LogP contribution in [0.3, 0.4) is 0 Å². The molecule has 1 atom stereocenters. The van der Waals surface area contributed by atoms with Gasteiger partial charge in [-0.1, -0.05) is 67.0 Å². The Hall–Kier alpha value is -1.87. The normalized spacial score (nSPS) is 21.5. The number of carbonyl (C=O) groups is 1. The van der Waals surface area contributed by atoms with E-state index in [0.717, 1.165) is 11.1 Å². The molecule has 1 aliphatic carbocycles. The number of carboxylic acids is 1. The number of allylic oxidation sites excluding steroid dienone is 9. The van der Waals surface area contributed by atoms with Gasteiger partial charge in [-0.15, -0.1) is 0 Å². The molecule has 3 heteroatoms. The van der Waals surface area contributed by atoms with Crippen LogP contribution in [-0.2, 0) is 4.79 Å². The van der Waals surface area contributed by atoms with Crippen molar-refractivity contribution in [1.82, 2.24) is 0 Å². The molecule has 0 aromatic carbocycles. The van der Waals surface area contributed by atoms with Crippen molar-refractivity contribution in [3.8, 4) is 0 Å². The smallest absolute Gasteiger partial charge is 0.335 e. The monoisotopic (exact) mass is 358 g/mol. The van der Waals surface area contributed by atoms with Crippen molar-refractivity contribution in [1.29, 1.82) is 0 Å². The highest BCUT2D eigenvalue weighted by atomic mass is 16.4. The van der Waals surface area contributed by atoms with E-state index in [2.05, 4.69) is 39.8 Å². The van der Waals surface area contributed by atoms with Crippen LogP contribution in [0.1, 0.15) is 67.2 Å². The highest BCUT2D eigenvalue weighted by Gasteiger charge is 2.28. The summed E-state index contributed by atoms with van der Waals surface area (Å²) in [6, 6.07) is 0. The topological polar surface area (TPSA) is 57.5 Å². The molecule has 0 aromatic rings. The van der Waals surface area contributed by atoms with Gasteiger partial charge in [0.05, 0.1) is 0 Å². The van der Waals surface area contributed by atoms with Gasteiger partial charge in [-0.3, -0.25) is 0 Å². The van der Waals surface area contributed by atoms with E-state index < -0.39 is 11.6 Å². The maximum atomic E-state index is 10.9. The third-order valence-electron chi connectivity index (χ3n) is 5.06. The van der Waals surface area contributed by atoms with Crippen LogP contribution < -0.4 is 0 Å². The van der Waals surface area contributed by atoms with E-state index in [9.17, 15) is 9.90 Å². The van der Waals surface area contributed by atoms with Crippen molar-refractivity contribution in [3.05, 3.63) is 58.7 Å². The van der Waals surface area contributed by atoms with E-state index in [-0.39, 0.29) is 11.8 Å². The first-order chi connectivity index (χ1) is 12.0. The molecule has 0 spiro atoms. The van der Waals surface area contributed by atoms with Gasteiger partial charge in [0.25, 0.3) is 0 Å². The standard InChI is InChI=1S/C23H34O3/c1-17(12-13-20-19(3)11-8-15-22(20,4)5)9-7-10-18(2)14-16-23(6,26)21(24)25/h7,9-10,12-14,26H,8,11,15-16H2,1-6H3,(H,24,25). The molecule has 1 aliphatic rings. The number of hydrogen-bond acceptors (Lipinski definition) is 2. The number of rotatable bonds is 7. The van der Waals surface area contributed by atoms with Gasteiger partial charge in [0.15, 0.2) is 5.60 Å². The molecule has 0 saturated carbocycles. The first-order valence-corrected chi connectivity index (χ1v) is 9.31. The molecule has 0 saturated heterocycles. The van der Waals surface area contributed by atoms with Gasteiger partial charge in [0.1, 0.15) is 0 Å². The molecule has 1 unspecified atom stereocenters. The number of aliphatic hydroxyl groups is 1. The van der Waals surface area contributed by atoms with E-state index in [4.69, 9.17) is 5.11 Å². The third kappa shape index (κ3) is 6.80. The molecule has 0 bridgehead atoms. The molecule has 0 amide bonds. The van der Waals surface area contributed by atoms with Gasteiger partial charge < -0.3 is 10.2 Å². The van der Waals surface area contributed by atoms with Crippen LogP contribution in [0.5, 0.6) is 0 Å². The van der Waals surface area contributed by atoms with E-state index in [1.807, 2.05) is 25.2 Å². The molecule has 0 fully saturated rings. The Morgan fingerprint density at radius 1 is 1.23 bits per heavy atom. The third-order valence-corrected chi connectivity index (χ3v) is 5.06. The maximum absolute atomic E-state index is 10.9. The Morgan fingerprint density at radius 3 is 2.46 bits per heavy atom. The fraction of sp³-hybridized carbons (Fsp3) is 0.522. The summed E-state index contributed by atoms with van der Waals surface area (Å²) >= 11 is 0. The fourth-order valence-electron chi connectivity index (χ4n) is 3.15. The first kappa shape index (κ1) is 22.2. The summed E-state index contributed by atoms with van der Waals surface area (Å²) in [5, 5.41) is 18.6. The van der Waals surface area contributed by atoms with Crippen LogP contribution in [-0.4, -0.2) is 21.8 Å². The molecule has 1 rings (SSSR count). The SMILES string of the molecule is CC(C=CC1=C(C)CCCC1(C)C)=CC=CC(C)=CCC(C)(O)C(=O)O. The van der Waals surface area contributed by atoms with Crippen molar-refractivity contribution in [2.75, 3.05) is 0 Å². The molecular weight excluding hydrogens is 324 g/mol. The van der Waals surface area contributed by atoms with Crippen molar-refractivity contribution in [2.24, 2.45) is 5.41 Å². The lowest BCUT2D eigenvalue weighted by molar-refractivity contribution is -0.156. The van der Waals surface area contributed by atoms with Gasteiger partial charge in [-0.2, -0.15) is 0 Å². The lowest BCUT2D eigenvalue weighted by atomic mass is 9.72. The van der Waals surface area contributed by atoms with Crippen LogP contribution in [0.15, 0.2) is 58.7 Å². The van der Waals surface area contributed by atoms with Crippen LogP contribution in [0.2, 0.25) is 0 Å². The van der Waals surface area contributed by atoms with Gasteiger partial charge in [0, 0.05) is 6.42 Å². The highest BCUT2D eigenvalue weighted by Crippen LogP contribution is 2.40. The van der Waals surface area contributed by atoms with E-state index in [0.29, 0.717) is 0 Å². The molecular formula is C23H34O3. The minimum absolute atomic E-state index is 0.0869. The zero-order valence-electron chi connectivity index (χ0n) is 17.1. The lowest BCUT2D eigenvalue weighted by Crippen LogP contribution is -2.34. The Morgan fingerprint density at radius 2 is 1.88 bits per heavy atom. The molecule has 0 radical (unpaired) electrons. The summed E-state index contributed by atoms with van der Waals surface area (Å²) in [5.74, 6) is -1.21. The summed E-state index contributed by atoms with van der Waals surface area (Å²) in [4.78, 5) is 10.9. The van der Waals surface area contributed by atoms with Crippen LogP contribution >= 0.6 is 0 Å². The summed E-state index contributed by atoms with van der Waals surface area (Å²) in [6.07, 6.45) is 15.8. The molecule has 26 heavy (non-hydrogen) atoms. The average molecular weight is 359 g/mol. The van der Waals surface area contributed by atoms with E-state index in [1.165, 1.54) is 37.3 Å². The average Bonchev–Trinajstić information content (AvgIpc) is 2.51. The maximum Gasteiger partial charge on any atom is 0.335 e. The zero-order chi connectivity index (χ0) is 20.0. The van der Waals surface area contributed by atoms with Crippen LogP contribution in [0, 0.1) is 5.41 Å². The molecule has 3 nitrogen and oxygen atoms in total. The Balaban J connectivity index is 2.73. The molecule has 0 aliphatic heterocycles. The summed E-state index contributed by atoms with van der Waals surface area (Å²) < 4.78 is 0. The minimum atomic E-state index is -1.72. The lowest BCUT2D eigenvalue weighted by Gasteiger charge is -2.32. The van der Waals surface area contributed by atoms with Crippen molar-refractivity contribution < 1.29 is 15.0 Å². The molecule has 0 heterocycles. The molecule has 144 valence electrons. The number of hydrogen-bond donors (Lipinski definition) is 2. The van der Waals surface area contributed by atoms with E-state index >= 15 is 0 Å². The van der Waals surface area contributed by atoms with Gasteiger partial charge in [0.2, 0.25) is 0 Å².